The number of anilines is 2. The molecule has 0 aliphatic carbocycles. The lowest BCUT2D eigenvalue weighted by molar-refractivity contribution is -0.124. The molecule has 0 bridgehead atoms. The van der Waals surface area contributed by atoms with Gasteiger partial charge in [0.25, 0.3) is 0 Å². The predicted octanol–water partition coefficient (Wildman–Crippen LogP) is 4.18. The zero-order valence-corrected chi connectivity index (χ0v) is 19.6. The van der Waals surface area contributed by atoms with E-state index in [2.05, 4.69) is 0 Å². The molecule has 172 valence electrons. The zero-order valence-electron chi connectivity index (χ0n) is 18.8. The van der Waals surface area contributed by atoms with Gasteiger partial charge in [0.05, 0.1) is 41.6 Å². The number of hydrogen-bond donors (Lipinski definition) is 0. The standard InChI is InChI=1S/C25H27N3O4S/c1-16-9-10-21(31-2)20(12-16)27-14-17(13-23(27)29)24(30)28(15-18-6-5-11-32-18)25-26-19-7-3-4-8-22(19)33-25/h3-4,7-10,12,17-18H,5-6,11,13-15H2,1-2H3. The van der Waals surface area contributed by atoms with Crippen LogP contribution in [0, 0.1) is 12.8 Å². The molecule has 0 N–H and O–H groups in total. The molecule has 2 unspecified atom stereocenters. The summed E-state index contributed by atoms with van der Waals surface area (Å²) in [5.41, 5.74) is 2.61. The number of thiazole rings is 1. The average Bonchev–Trinajstić information content (AvgIpc) is 3.56. The summed E-state index contributed by atoms with van der Waals surface area (Å²) in [4.78, 5) is 34.9. The van der Waals surface area contributed by atoms with Crippen molar-refractivity contribution in [3.05, 3.63) is 48.0 Å². The average molecular weight is 466 g/mol. The molecule has 0 saturated carbocycles. The van der Waals surface area contributed by atoms with Gasteiger partial charge in [0.1, 0.15) is 5.75 Å². The molecule has 2 aliphatic heterocycles. The van der Waals surface area contributed by atoms with E-state index in [0.717, 1.165) is 35.2 Å². The summed E-state index contributed by atoms with van der Waals surface area (Å²) >= 11 is 1.50. The van der Waals surface area contributed by atoms with E-state index in [-0.39, 0.29) is 24.3 Å². The molecule has 8 heteroatoms. The van der Waals surface area contributed by atoms with Crippen LogP contribution in [-0.2, 0) is 14.3 Å². The van der Waals surface area contributed by atoms with Crippen LogP contribution in [0.5, 0.6) is 5.75 Å². The Balaban J connectivity index is 1.43. The number of amides is 2. The van der Waals surface area contributed by atoms with Crippen LogP contribution in [0.3, 0.4) is 0 Å². The number of methoxy groups -OCH3 is 1. The van der Waals surface area contributed by atoms with Crippen LogP contribution in [0.15, 0.2) is 42.5 Å². The van der Waals surface area contributed by atoms with Crippen LogP contribution in [-0.4, -0.2) is 49.7 Å². The van der Waals surface area contributed by atoms with E-state index in [1.165, 1.54) is 11.3 Å². The Morgan fingerprint density at radius 3 is 2.91 bits per heavy atom. The first kappa shape index (κ1) is 21.9. The van der Waals surface area contributed by atoms with Crippen molar-refractivity contribution in [1.82, 2.24) is 4.98 Å². The highest BCUT2D eigenvalue weighted by molar-refractivity contribution is 7.22. The molecule has 2 aliphatic rings. The van der Waals surface area contributed by atoms with Gasteiger partial charge < -0.3 is 14.4 Å². The molecule has 2 atom stereocenters. The van der Waals surface area contributed by atoms with Gasteiger partial charge in [-0.15, -0.1) is 0 Å². The number of rotatable bonds is 6. The van der Waals surface area contributed by atoms with Gasteiger partial charge in [0, 0.05) is 19.6 Å². The Bertz CT molecular complexity index is 1150. The second-order valence-electron chi connectivity index (χ2n) is 8.63. The van der Waals surface area contributed by atoms with Crippen LogP contribution >= 0.6 is 11.3 Å². The number of fused-ring (bicyclic) bond motifs is 1. The number of ether oxygens (including phenoxy) is 2. The van der Waals surface area contributed by atoms with Gasteiger partial charge in [-0.05, 0) is 49.6 Å². The zero-order chi connectivity index (χ0) is 22.9. The number of benzene rings is 2. The summed E-state index contributed by atoms with van der Waals surface area (Å²) in [6.07, 6.45) is 2.08. The number of aryl methyl sites for hydroxylation is 1. The van der Waals surface area contributed by atoms with Gasteiger partial charge in [-0.3, -0.25) is 14.5 Å². The molecule has 2 saturated heterocycles. The van der Waals surface area contributed by atoms with E-state index in [1.54, 1.807) is 16.9 Å². The maximum atomic E-state index is 13.8. The van der Waals surface area contributed by atoms with Crippen LogP contribution in [0.2, 0.25) is 0 Å². The Hall–Kier alpha value is -2.97. The Morgan fingerprint density at radius 2 is 2.15 bits per heavy atom. The highest BCUT2D eigenvalue weighted by Crippen LogP contribution is 2.36. The lowest BCUT2D eigenvalue weighted by atomic mass is 10.1. The molecule has 3 heterocycles. The number of aromatic nitrogens is 1. The fraction of sp³-hybridized carbons (Fsp3) is 0.400. The third kappa shape index (κ3) is 4.32. The first-order chi connectivity index (χ1) is 16.0. The maximum absolute atomic E-state index is 13.8. The highest BCUT2D eigenvalue weighted by Gasteiger charge is 2.40. The fourth-order valence-corrected chi connectivity index (χ4v) is 5.55. The first-order valence-electron chi connectivity index (χ1n) is 11.3. The Labute approximate surface area is 196 Å². The molecular weight excluding hydrogens is 438 g/mol. The molecule has 0 spiro atoms. The van der Waals surface area contributed by atoms with Gasteiger partial charge in [0.2, 0.25) is 11.8 Å². The fourth-order valence-electron chi connectivity index (χ4n) is 4.57. The first-order valence-corrected chi connectivity index (χ1v) is 12.1. The number of nitrogens with zero attached hydrogens (tertiary/aromatic N) is 3. The minimum Gasteiger partial charge on any atom is -0.495 e. The third-order valence-corrected chi connectivity index (χ3v) is 7.35. The predicted molar refractivity (Wildman–Crippen MR) is 129 cm³/mol. The summed E-state index contributed by atoms with van der Waals surface area (Å²) < 4.78 is 12.4. The van der Waals surface area contributed by atoms with Crippen LogP contribution < -0.4 is 14.5 Å². The van der Waals surface area contributed by atoms with Gasteiger partial charge in [-0.2, -0.15) is 0 Å². The second kappa shape index (κ2) is 9.11. The van der Waals surface area contributed by atoms with Crippen molar-refractivity contribution in [2.75, 3.05) is 36.6 Å². The molecule has 3 aromatic rings. The molecule has 33 heavy (non-hydrogen) atoms. The van der Waals surface area contributed by atoms with Crippen molar-refractivity contribution >= 4 is 44.2 Å². The lowest BCUT2D eigenvalue weighted by Crippen LogP contribution is -2.42. The van der Waals surface area contributed by atoms with Gasteiger partial charge in [-0.25, -0.2) is 4.98 Å². The molecule has 2 amide bonds. The SMILES string of the molecule is COc1ccc(C)cc1N1CC(C(=O)N(CC2CCCO2)c2nc3ccccc3s2)CC1=O. The number of hydrogen-bond acceptors (Lipinski definition) is 6. The summed E-state index contributed by atoms with van der Waals surface area (Å²) in [5, 5.41) is 0.663. The maximum Gasteiger partial charge on any atom is 0.234 e. The van der Waals surface area contributed by atoms with Gasteiger partial charge in [-0.1, -0.05) is 29.5 Å². The van der Waals surface area contributed by atoms with Crippen LogP contribution in [0.4, 0.5) is 10.8 Å². The smallest absolute Gasteiger partial charge is 0.234 e. The molecule has 5 rings (SSSR count). The number of carbonyl (C=O) groups excluding carboxylic acids is 2. The minimum absolute atomic E-state index is 0.00830. The summed E-state index contributed by atoms with van der Waals surface area (Å²) in [5.74, 6) is 0.0335. The topological polar surface area (TPSA) is 72.0 Å². The minimum atomic E-state index is -0.448. The quantitative estimate of drug-likeness (QED) is 0.546. The van der Waals surface area contributed by atoms with E-state index in [4.69, 9.17) is 14.5 Å². The summed E-state index contributed by atoms with van der Waals surface area (Å²) in [6.45, 7) is 3.47. The molecule has 7 nitrogen and oxygen atoms in total. The van der Waals surface area contributed by atoms with Crippen molar-refractivity contribution in [2.45, 2.75) is 32.3 Å². The van der Waals surface area contributed by atoms with E-state index < -0.39 is 5.92 Å². The molecule has 2 aromatic carbocycles. The second-order valence-corrected chi connectivity index (χ2v) is 9.64. The number of carbonyl (C=O) groups is 2. The molecule has 2 fully saturated rings. The van der Waals surface area contributed by atoms with Gasteiger partial charge >= 0.3 is 0 Å². The monoisotopic (exact) mass is 465 g/mol. The van der Waals surface area contributed by atoms with Crippen LogP contribution in [0.1, 0.15) is 24.8 Å². The largest absolute Gasteiger partial charge is 0.495 e. The summed E-state index contributed by atoms with van der Waals surface area (Å²) in [6, 6.07) is 13.6. The number of para-hydroxylation sites is 1. The van der Waals surface area contributed by atoms with Crippen molar-refractivity contribution in [3.8, 4) is 5.75 Å². The van der Waals surface area contributed by atoms with Crippen molar-refractivity contribution in [3.63, 3.8) is 0 Å². The molecule has 0 radical (unpaired) electrons. The van der Waals surface area contributed by atoms with E-state index in [1.807, 2.05) is 49.4 Å². The van der Waals surface area contributed by atoms with Crippen molar-refractivity contribution < 1.29 is 19.1 Å². The lowest BCUT2D eigenvalue weighted by Gasteiger charge is -2.26. The van der Waals surface area contributed by atoms with E-state index in [9.17, 15) is 9.59 Å². The highest BCUT2D eigenvalue weighted by atomic mass is 32.1. The third-order valence-electron chi connectivity index (χ3n) is 6.29. The molecular formula is C25H27N3O4S. The van der Waals surface area contributed by atoms with Gasteiger partial charge in [0.15, 0.2) is 5.13 Å². The summed E-state index contributed by atoms with van der Waals surface area (Å²) in [7, 11) is 1.59. The Kier molecular flexibility index (Phi) is 6.03. The molecule has 1 aromatic heterocycles. The normalized spacial score (nSPS) is 20.5. The van der Waals surface area contributed by atoms with Crippen molar-refractivity contribution in [1.29, 1.82) is 0 Å². The Morgan fingerprint density at radius 1 is 1.30 bits per heavy atom. The van der Waals surface area contributed by atoms with Crippen LogP contribution in [0.25, 0.3) is 10.2 Å². The van der Waals surface area contributed by atoms with Crippen molar-refractivity contribution in [2.24, 2.45) is 5.92 Å². The van der Waals surface area contributed by atoms with E-state index >= 15 is 0 Å². The van der Waals surface area contributed by atoms with E-state index in [0.29, 0.717) is 29.7 Å².